The smallest absolute Gasteiger partial charge is 0.477 e. The fourth-order valence-electron chi connectivity index (χ4n) is 4.20. The zero-order valence-electron chi connectivity index (χ0n) is 18.5. The highest BCUT2D eigenvalue weighted by Gasteiger charge is 2.35. The Labute approximate surface area is 195 Å². The summed E-state index contributed by atoms with van der Waals surface area (Å²) in [5.41, 5.74) is 0.884. The summed E-state index contributed by atoms with van der Waals surface area (Å²) in [6.45, 7) is 1.38. The highest BCUT2D eigenvalue weighted by molar-refractivity contribution is 5.86. The van der Waals surface area contributed by atoms with Crippen molar-refractivity contribution in [3.8, 4) is 11.5 Å². The zero-order chi connectivity index (χ0) is 24.1. The number of rotatable bonds is 6. The van der Waals surface area contributed by atoms with E-state index in [4.69, 9.17) is 4.74 Å². The average Bonchev–Trinajstić information content (AvgIpc) is 2.82. The summed E-state index contributed by atoms with van der Waals surface area (Å²) in [7, 11) is 0. The normalized spacial score (nSPS) is 18.0. The van der Waals surface area contributed by atoms with Crippen LogP contribution in [0.15, 0.2) is 48.5 Å². The van der Waals surface area contributed by atoms with Crippen LogP contribution in [0.5, 0.6) is 11.5 Å². The molecule has 4 rings (SSSR count). The van der Waals surface area contributed by atoms with Gasteiger partial charge >= 0.3 is 6.36 Å². The molecule has 2 heterocycles. The molecule has 2 aromatic carbocycles. The lowest BCUT2D eigenvalue weighted by Gasteiger charge is -2.38. The summed E-state index contributed by atoms with van der Waals surface area (Å²) in [4.78, 5) is 29.3. The van der Waals surface area contributed by atoms with Gasteiger partial charge in [0, 0.05) is 25.2 Å². The first-order valence-corrected chi connectivity index (χ1v) is 11.2. The van der Waals surface area contributed by atoms with Crippen LogP contribution < -0.4 is 19.7 Å². The fraction of sp³-hybridized carbons (Fsp3) is 0.417. The number of halogens is 3. The van der Waals surface area contributed by atoms with Crippen molar-refractivity contribution in [1.29, 1.82) is 0 Å². The van der Waals surface area contributed by atoms with Gasteiger partial charge in [-0.15, -0.1) is 13.2 Å². The topological polar surface area (TPSA) is 71.1 Å². The van der Waals surface area contributed by atoms with Gasteiger partial charge in [-0.25, -0.2) is 0 Å². The first-order valence-electron chi connectivity index (χ1n) is 11.2. The second-order valence-corrected chi connectivity index (χ2v) is 8.27. The molecule has 0 bridgehead atoms. The highest BCUT2D eigenvalue weighted by Crippen LogP contribution is 2.33. The predicted octanol–water partition coefficient (Wildman–Crippen LogP) is 3.48. The molecule has 0 radical (unpaired) electrons. The number of para-hydroxylation sites is 3. The van der Waals surface area contributed by atoms with Crippen LogP contribution in [0.1, 0.15) is 24.8 Å². The number of ether oxygens (including phenoxy) is 2. The van der Waals surface area contributed by atoms with E-state index in [1.54, 1.807) is 34.1 Å². The molecule has 2 aromatic rings. The van der Waals surface area contributed by atoms with Crippen LogP contribution in [0.4, 0.5) is 18.9 Å². The number of alkyl halides is 3. The van der Waals surface area contributed by atoms with Gasteiger partial charge in [-0.1, -0.05) is 30.3 Å². The van der Waals surface area contributed by atoms with Crippen molar-refractivity contribution in [2.75, 3.05) is 31.1 Å². The molecule has 1 atom stereocenters. The van der Waals surface area contributed by atoms with E-state index in [0.29, 0.717) is 24.5 Å². The maximum Gasteiger partial charge on any atom is 0.573 e. The number of hydrogen-bond acceptors (Lipinski definition) is 5. The number of anilines is 1. The summed E-state index contributed by atoms with van der Waals surface area (Å²) >= 11 is 0. The monoisotopic (exact) mass is 477 g/mol. The Kier molecular flexibility index (Phi) is 7.14. The minimum Gasteiger partial charge on any atom is -0.477 e. The van der Waals surface area contributed by atoms with Crippen molar-refractivity contribution in [3.63, 3.8) is 0 Å². The molecule has 1 unspecified atom stereocenters. The van der Waals surface area contributed by atoms with Gasteiger partial charge in [0.15, 0.2) is 6.10 Å². The van der Waals surface area contributed by atoms with Crippen LogP contribution in [0, 0.1) is 0 Å². The lowest BCUT2D eigenvalue weighted by Crippen LogP contribution is -2.53. The number of piperidine rings is 1. The Morgan fingerprint density at radius 1 is 1.03 bits per heavy atom. The summed E-state index contributed by atoms with van der Waals surface area (Å²) in [6.07, 6.45) is -2.54. The molecule has 1 N–H and O–H groups in total. The van der Waals surface area contributed by atoms with E-state index in [0.717, 1.165) is 19.3 Å². The van der Waals surface area contributed by atoms with Crippen molar-refractivity contribution in [1.82, 2.24) is 10.2 Å². The number of likely N-dealkylation sites (tertiary alicyclic amines) is 1. The van der Waals surface area contributed by atoms with E-state index in [-0.39, 0.29) is 36.9 Å². The minimum atomic E-state index is -4.83. The quantitative estimate of drug-likeness (QED) is 0.690. The first kappa shape index (κ1) is 23.7. The highest BCUT2D eigenvalue weighted by atomic mass is 19.4. The molecule has 0 saturated carbocycles. The van der Waals surface area contributed by atoms with Crippen LogP contribution in [0.3, 0.4) is 0 Å². The van der Waals surface area contributed by atoms with Crippen LogP contribution >= 0.6 is 0 Å². The van der Waals surface area contributed by atoms with Gasteiger partial charge in [-0.2, -0.15) is 0 Å². The third-order valence-electron chi connectivity index (χ3n) is 5.81. The minimum absolute atomic E-state index is 0.0769. The third kappa shape index (κ3) is 5.92. The largest absolute Gasteiger partial charge is 0.573 e. The van der Waals surface area contributed by atoms with E-state index < -0.39 is 18.4 Å². The van der Waals surface area contributed by atoms with Gasteiger partial charge in [-0.3, -0.25) is 9.59 Å². The van der Waals surface area contributed by atoms with Crippen molar-refractivity contribution in [3.05, 3.63) is 54.1 Å². The summed E-state index contributed by atoms with van der Waals surface area (Å²) in [6, 6.07) is 12.8. The molecule has 182 valence electrons. The molecule has 0 spiro atoms. The molecule has 0 aromatic heterocycles. The van der Waals surface area contributed by atoms with E-state index >= 15 is 0 Å². The van der Waals surface area contributed by atoms with Crippen molar-refractivity contribution >= 4 is 17.5 Å². The van der Waals surface area contributed by atoms with E-state index in [1.165, 1.54) is 18.2 Å². The van der Waals surface area contributed by atoms with E-state index in [2.05, 4.69) is 10.1 Å². The van der Waals surface area contributed by atoms with E-state index in [1.807, 2.05) is 6.07 Å². The molecule has 2 aliphatic heterocycles. The molecule has 1 fully saturated rings. The van der Waals surface area contributed by atoms with E-state index in [9.17, 15) is 22.8 Å². The number of hydrogen-bond donors (Lipinski definition) is 1. The molecule has 1 saturated heterocycles. The van der Waals surface area contributed by atoms with Crippen LogP contribution in [-0.4, -0.2) is 55.4 Å². The molecule has 2 aliphatic rings. The maximum absolute atomic E-state index is 13.0. The van der Waals surface area contributed by atoms with Gasteiger partial charge < -0.3 is 24.6 Å². The summed E-state index contributed by atoms with van der Waals surface area (Å²) < 4.78 is 47.9. The Hall–Kier alpha value is -3.43. The maximum atomic E-state index is 13.0. The van der Waals surface area contributed by atoms with Gasteiger partial charge in [0.1, 0.15) is 11.5 Å². The lowest BCUT2D eigenvalue weighted by molar-refractivity contribution is -0.274. The standard InChI is InChI=1S/C24H26F3N3O4/c25-24(26,27)34-19-10-4-2-8-17(19)14-28-22(31)16-30-15-21(23(32)29-12-6-1-7-13-29)33-20-11-5-3-9-18(20)30/h2-5,8-11,21H,1,6-7,12-16H2,(H,28,31). The fourth-order valence-corrected chi connectivity index (χ4v) is 4.20. The van der Waals surface area contributed by atoms with Crippen molar-refractivity contribution in [2.24, 2.45) is 0 Å². The SMILES string of the molecule is O=C(CN1CC(C(=O)N2CCCCC2)Oc2ccccc21)NCc1ccccc1OC(F)(F)F. The molecule has 2 amide bonds. The van der Waals surface area contributed by atoms with Crippen LogP contribution in [0.25, 0.3) is 0 Å². The number of amides is 2. The molecular weight excluding hydrogens is 451 g/mol. The summed E-state index contributed by atoms with van der Waals surface area (Å²) in [5, 5.41) is 2.65. The van der Waals surface area contributed by atoms with Gasteiger partial charge in [-0.05, 0) is 37.5 Å². The number of nitrogens with zero attached hydrogens (tertiary/aromatic N) is 2. The molecule has 0 aliphatic carbocycles. The lowest BCUT2D eigenvalue weighted by atomic mass is 10.1. The van der Waals surface area contributed by atoms with Gasteiger partial charge in [0.05, 0.1) is 18.8 Å². The predicted molar refractivity (Wildman–Crippen MR) is 118 cm³/mol. The Morgan fingerprint density at radius 2 is 1.74 bits per heavy atom. The second-order valence-electron chi connectivity index (χ2n) is 8.27. The zero-order valence-corrected chi connectivity index (χ0v) is 18.5. The molecule has 10 heteroatoms. The molecule has 34 heavy (non-hydrogen) atoms. The third-order valence-corrected chi connectivity index (χ3v) is 5.81. The number of carbonyl (C=O) groups excluding carboxylic acids is 2. The Bertz CT molecular complexity index is 1020. The number of carbonyl (C=O) groups is 2. The second kappa shape index (κ2) is 10.2. The van der Waals surface area contributed by atoms with Gasteiger partial charge in [0.2, 0.25) is 5.91 Å². The Balaban J connectivity index is 1.42. The summed E-state index contributed by atoms with van der Waals surface area (Å²) in [5.74, 6) is -0.347. The number of fused-ring (bicyclic) bond motifs is 1. The molecular formula is C24H26F3N3O4. The average molecular weight is 477 g/mol. The Morgan fingerprint density at radius 3 is 2.50 bits per heavy atom. The first-order chi connectivity index (χ1) is 16.3. The van der Waals surface area contributed by atoms with Crippen molar-refractivity contribution < 1.29 is 32.2 Å². The van der Waals surface area contributed by atoms with Crippen LogP contribution in [-0.2, 0) is 16.1 Å². The van der Waals surface area contributed by atoms with Crippen molar-refractivity contribution in [2.45, 2.75) is 38.3 Å². The molecule has 7 nitrogen and oxygen atoms in total. The number of benzene rings is 2. The number of nitrogens with one attached hydrogen (secondary N) is 1. The van der Waals surface area contributed by atoms with Crippen LogP contribution in [0.2, 0.25) is 0 Å². The van der Waals surface area contributed by atoms with Gasteiger partial charge in [0.25, 0.3) is 5.91 Å².